The van der Waals surface area contributed by atoms with Crippen molar-refractivity contribution >= 4 is 52.2 Å². The van der Waals surface area contributed by atoms with Crippen molar-refractivity contribution in [3.63, 3.8) is 0 Å². The van der Waals surface area contributed by atoms with Crippen LogP contribution in [0.2, 0.25) is 10.0 Å². The molecule has 1 fully saturated rings. The lowest BCUT2D eigenvalue weighted by molar-refractivity contribution is -0.123. The highest BCUT2D eigenvalue weighted by Gasteiger charge is 2.35. The van der Waals surface area contributed by atoms with Gasteiger partial charge in [-0.1, -0.05) is 29.3 Å². The Balaban J connectivity index is 1.88. The number of phenols is 1. The van der Waals surface area contributed by atoms with Gasteiger partial charge in [-0.15, -0.1) is 0 Å². The third kappa shape index (κ3) is 4.24. The summed E-state index contributed by atoms with van der Waals surface area (Å²) in [4.78, 5) is 26.3. The fourth-order valence-electron chi connectivity index (χ4n) is 2.52. The summed E-state index contributed by atoms with van der Waals surface area (Å²) in [6, 6.07) is 9.70. The summed E-state index contributed by atoms with van der Waals surface area (Å²) >= 11 is 13.1. The number of carbonyl (C=O) groups excluding carboxylic acids is 2. The fraction of sp³-hybridized carbons (Fsp3) is 0.158. The Morgan fingerprint density at radius 3 is 2.56 bits per heavy atom. The highest BCUT2D eigenvalue weighted by molar-refractivity contribution is 8.18. The van der Waals surface area contributed by atoms with Crippen molar-refractivity contribution in [1.29, 1.82) is 0 Å². The average Bonchev–Trinajstić information content (AvgIpc) is 2.88. The molecule has 0 radical (unpaired) electrons. The molecule has 1 aliphatic heterocycles. The number of imide groups is 1. The van der Waals surface area contributed by atoms with E-state index >= 15 is 0 Å². The van der Waals surface area contributed by atoms with Gasteiger partial charge in [-0.3, -0.25) is 14.5 Å². The first-order valence-corrected chi connectivity index (χ1v) is 9.62. The highest BCUT2D eigenvalue weighted by Crippen LogP contribution is 2.37. The maximum atomic E-state index is 12.7. The van der Waals surface area contributed by atoms with Gasteiger partial charge in [-0.2, -0.15) is 0 Å². The lowest BCUT2D eigenvalue weighted by Gasteiger charge is -2.14. The van der Waals surface area contributed by atoms with E-state index in [4.69, 9.17) is 27.9 Å². The lowest BCUT2D eigenvalue weighted by Crippen LogP contribution is -2.27. The van der Waals surface area contributed by atoms with Gasteiger partial charge in [-0.05, 0) is 55.1 Å². The minimum absolute atomic E-state index is 0.0144. The van der Waals surface area contributed by atoms with Gasteiger partial charge in [0, 0.05) is 21.2 Å². The van der Waals surface area contributed by atoms with Crippen molar-refractivity contribution in [2.75, 3.05) is 6.61 Å². The van der Waals surface area contributed by atoms with Gasteiger partial charge < -0.3 is 9.84 Å². The maximum Gasteiger partial charge on any atom is 0.293 e. The van der Waals surface area contributed by atoms with E-state index in [-0.39, 0.29) is 17.2 Å². The standard InChI is InChI=1S/C19H15Cl2NO4S/c1-2-26-12-6-7-16(23)11(8-12)9-17-18(24)22(19(25)27-17)10-13-14(20)4-3-5-15(13)21/h3-9,23H,2,10H2,1H3/b17-9-. The molecule has 2 aromatic rings. The molecule has 3 rings (SSSR count). The zero-order chi connectivity index (χ0) is 19.6. The normalized spacial score (nSPS) is 15.7. The molecule has 0 bridgehead atoms. The van der Waals surface area contributed by atoms with Crippen LogP contribution in [0.15, 0.2) is 41.3 Å². The van der Waals surface area contributed by atoms with Gasteiger partial charge in [0.25, 0.3) is 11.1 Å². The second-order valence-corrected chi connectivity index (χ2v) is 7.43. The summed E-state index contributed by atoms with van der Waals surface area (Å²) < 4.78 is 5.40. The predicted octanol–water partition coefficient (Wildman–Crippen LogP) is 5.33. The van der Waals surface area contributed by atoms with E-state index in [0.717, 1.165) is 16.7 Å². The van der Waals surface area contributed by atoms with Crippen molar-refractivity contribution in [3.05, 3.63) is 62.5 Å². The lowest BCUT2D eigenvalue weighted by atomic mass is 10.1. The summed E-state index contributed by atoms with van der Waals surface area (Å²) in [5.41, 5.74) is 0.896. The molecular weight excluding hydrogens is 409 g/mol. The van der Waals surface area contributed by atoms with Crippen LogP contribution in [0.25, 0.3) is 6.08 Å². The number of hydrogen-bond acceptors (Lipinski definition) is 5. The van der Waals surface area contributed by atoms with Crippen molar-refractivity contribution in [3.8, 4) is 11.5 Å². The maximum absolute atomic E-state index is 12.7. The smallest absolute Gasteiger partial charge is 0.293 e. The van der Waals surface area contributed by atoms with Gasteiger partial charge in [0.05, 0.1) is 18.1 Å². The number of nitrogens with zero attached hydrogens (tertiary/aromatic N) is 1. The Kier molecular flexibility index (Phi) is 5.99. The first-order valence-electron chi connectivity index (χ1n) is 8.04. The van der Waals surface area contributed by atoms with Crippen LogP contribution in [-0.4, -0.2) is 27.8 Å². The summed E-state index contributed by atoms with van der Waals surface area (Å²) in [7, 11) is 0. The molecule has 1 N–H and O–H groups in total. The zero-order valence-corrected chi connectivity index (χ0v) is 16.6. The Bertz CT molecular complexity index is 925. The van der Waals surface area contributed by atoms with E-state index in [1.54, 1.807) is 30.3 Å². The number of thioether (sulfide) groups is 1. The van der Waals surface area contributed by atoms with Crippen LogP contribution in [0.4, 0.5) is 4.79 Å². The molecule has 27 heavy (non-hydrogen) atoms. The fourth-order valence-corrected chi connectivity index (χ4v) is 3.87. The number of aromatic hydroxyl groups is 1. The first-order chi connectivity index (χ1) is 12.9. The molecule has 0 unspecified atom stereocenters. The van der Waals surface area contributed by atoms with Crippen LogP contribution in [-0.2, 0) is 11.3 Å². The van der Waals surface area contributed by atoms with E-state index in [0.29, 0.717) is 33.5 Å². The van der Waals surface area contributed by atoms with Crippen LogP contribution in [0.3, 0.4) is 0 Å². The summed E-state index contributed by atoms with van der Waals surface area (Å²) in [6.07, 6.45) is 1.47. The third-order valence-corrected chi connectivity index (χ3v) is 5.46. The zero-order valence-electron chi connectivity index (χ0n) is 14.2. The average molecular weight is 424 g/mol. The Hall–Kier alpha value is -2.15. The van der Waals surface area contributed by atoms with Crippen molar-refractivity contribution in [1.82, 2.24) is 4.90 Å². The SMILES string of the molecule is CCOc1ccc(O)c(/C=C2\SC(=O)N(Cc3c(Cl)cccc3Cl)C2=O)c1. The molecule has 5 nitrogen and oxygen atoms in total. The van der Waals surface area contributed by atoms with Gasteiger partial charge in [-0.25, -0.2) is 0 Å². The molecule has 0 atom stereocenters. The van der Waals surface area contributed by atoms with Crippen LogP contribution in [0.1, 0.15) is 18.1 Å². The molecule has 2 amide bonds. The monoisotopic (exact) mass is 423 g/mol. The minimum Gasteiger partial charge on any atom is -0.507 e. The minimum atomic E-state index is -0.470. The van der Waals surface area contributed by atoms with Crippen molar-refractivity contribution in [2.45, 2.75) is 13.5 Å². The quantitative estimate of drug-likeness (QED) is 0.657. The molecule has 1 aliphatic rings. The third-order valence-electron chi connectivity index (χ3n) is 3.85. The summed E-state index contributed by atoms with van der Waals surface area (Å²) in [6.45, 7) is 2.29. The molecular formula is C19H15Cl2NO4S. The van der Waals surface area contributed by atoms with Gasteiger partial charge >= 0.3 is 0 Å². The van der Waals surface area contributed by atoms with Crippen molar-refractivity contribution in [2.24, 2.45) is 0 Å². The number of halogens is 2. The largest absolute Gasteiger partial charge is 0.507 e. The molecule has 0 aromatic heterocycles. The molecule has 2 aromatic carbocycles. The van der Waals surface area contributed by atoms with E-state index in [9.17, 15) is 14.7 Å². The van der Waals surface area contributed by atoms with Gasteiger partial charge in [0.1, 0.15) is 11.5 Å². The number of amides is 2. The predicted molar refractivity (Wildman–Crippen MR) is 107 cm³/mol. The number of phenolic OH excluding ortho intramolecular Hbond substituents is 1. The van der Waals surface area contributed by atoms with Crippen molar-refractivity contribution < 1.29 is 19.4 Å². The molecule has 140 valence electrons. The number of ether oxygens (including phenoxy) is 1. The summed E-state index contributed by atoms with van der Waals surface area (Å²) in [5.74, 6) is 0.0743. The van der Waals surface area contributed by atoms with E-state index in [1.807, 2.05) is 6.92 Å². The first kappa shape index (κ1) is 19.6. The van der Waals surface area contributed by atoms with E-state index < -0.39 is 11.1 Å². The number of rotatable bonds is 5. The van der Waals surface area contributed by atoms with Crippen LogP contribution in [0, 0.1) is 0 Å². The number of hydrogen-bond donors (Lipinski definition) is 1. The number of carbonyl (C=O) groups is 2. The Morgan fingerprint density at radius 1 is 1.19 bits per heavy atom. The topological polar surface area (TPSA) is 66.8 Å². The van der Waals surface area contributed by atoms with Crippen LogP contribution in [0.5, 0.6) is 11.5 Å². The van der Waals surface area contributed by atoms with E-state index in [2.05, 4.69) is 0 Å². The second kappa shape index (κ2) is 8.25. The molecule has 8 heteroatoms. The van der Waals surface area contributed by atoms with Gasteiger partial charge in [0.2, 0.25) is 0 Å². The second-order valence-electron chi connectivity index (χ2n) is 5.62. The molecule has 1 heterocycles. The Morgan fingerprint density at radius 2 is 1.89 bits per heavy atom. The molecule has 1 saturated heterocycles. The van der Waals surface area contributed by atoms with Gasteiger partial charge in [0.15, 0.2) is 0 Å². The molecule has 0 saturated carbocycles. The molecule has 0 aliphatic carbocycles. The van der Waals surface area contributed by atoms with Crippen LogP contribution < -0.4 is 4.74 Å². The van der Waals surface area contributed by atoms with E-state index in [1.165, 1.54) is 12.1 Å². The highest BCUT2D eigenvalue weighted by atomic mass is 35.5. The Labute approximate surface area is 170 Å². The van der Waals surface area contributed by atoms with Crippen LogP contribution >= 0.6 is 35.0 Å². The number of benzene rings is 2. The molecule has 0 spiro atoms. The summed E-state index contributed by atoms with van der Waals surface area (Å²) in [5, 5.41) is 10.4.